The van der Waals surface area contributed by atoms with Crippen molar-refractivity contribution >= 4 is 23.7 Å². The maximum absolute atomic E-state index is 11.1. The van der Waals surface area contributed by atoms with Gasteiger partial charge in [0.05, 0.1) is 20.6 Å². The average molecular weight is 206 g/mol. The van der Waals surface area contributed by atoms with Crippen molar-refractivity contribution in [3.05, 3.63) is 0 Å². The summed E-state index contributed by atoms with van der Waals surface area (Å²) >= 11 is 1.38. The Hall–Kier alpha value is -0.710. The molecule has 4 nitrogen and oxygen atoms in total. The molecular formula is C8H14O4S. The summed E-state index contributed by atoms with van der Waals surface area (Å²) in [5.74, 6) is -0.00914. The van der Waals surface area contributed by atoms with Crippen LogP contribution in [0.2, 0.25) is 0 Å². The lowest BCUT2D eigenvalue weighted by atomic mass is 10.3. The Morgan fingerprint density at radius 2 is 1.92 bits per heavy atom. The fourth-order valence-electron chi connectivity index (χ4n) is 0.778. The summed E-state index contributed by atoms with van der Waals surface area (Å²) in [6, 6.07) is 0. The first kappa shape index (κ1) is 12.3. The van der Waals surface area contributed by atoms with Gasteiger partial charge in [-0.25, -0.2) is 0 Å². The highest BCUT2D eigenvalue weighted by Crippen LogP contribution is 2.16. The van der Waals surface area contributed by atoms with Gasteiger partial charge in [-0.2, -0.15) is 0 Å². The summed E-state index contributed by atoms with van der Waals surface area (Å²) in [5.41, 5.74) is 0. The zero-order valence-corrected chi connectivity index (χ0v) is 8.85. The number of methoxy groups -OCH3 is 2. The third kappa shape index (κ3) is 4.77. The van der Waals surface area contributed by atoms with E-state index in [0.717, 1.165) is 5.75 Å². The van der Waals surface area contributed by atoms with E-state index in [9.17, 15) is 9.59 Å². The zero-order chi connectivity index (χ0) is 10.3. The SMILES string of the molecule is CCS[C@@H](CC(=O)OC)C(=O)OC. The van der Waals surface area contributed by atoms with Crippen LogP contribution in [0.4, 0.5) is 0 Å². The van der Waals surface area contributed by atoms with Gasteiger partial charge < -0.3 is 9.47 Å². The molecule has 0 aliphatic rings. The summed E-state index contributed by atoms with van der Waals surface area (Å²) < 4.78 is 9.00. The van der Waals surface area contributed by atoms with Gasteiger partial charge in [0, 0.05) is 0 Å². The molecule has 0 radical (unpaired) electrons. The summed E-state index contributed by atoms with van der Waals surface area (Å²) in [5, 5.41) is -0.442. The first-order chi connectivity index (χ1) is 6.15. The van der Waals surface area contributed by atoms with Crippen molar-refractivity contribution < 1.29 is 19.1 Å². The lowest BCUT2D eigenvalue weighted by Gasteiger charge is -2.11. The molecule has 0 bridgehead atoms. The van der Waals surface area contributed by atoms with Gasteiger partial charge in [-0.3, -0.25) is 9.59 Å². The highest BCUT2D eigenvalue weighted by Gasteiger charge is 2.22. The molecule has 0 aromatic heterocycles. The second-order valence-corrected chi connectivity index (χ2v) is 3.73. The number of esters is 2. The number of hydrogen-bond donors (Lipinski definition) is 0. The number of thioether (sulfide) groups is 1. The number of carbonyl (C=O) groups excluding carboxylic acids is 2. The first-order valence-corrected chi connectivity index (χ1v) is 4.96. The van der Waals surface area contributed by atoms with Crippen LogP contribution in [0, 0.1) is 0 Å². The van der Waals surface area contributed by atoms with Crippen LogP contribution in [0.3, 0.4) is 0 Å². The lowest BCUT2D eigenvalue weighted by molar-refractivity contribution is -0.146. The Labute approximate surface area is 82.0 Å². The van der Waals surface area contributed by atoms with Gasteiger partial charge in [0.2, 0.25) is 0 Å². The molecule has 0 rings (SSSR count). The van der Waals surface area contributed by atoms with Crippen molar-refractivity contribution in [3.63, 3.8) is 0 Å². The predicted octanol–water partition coefficient (Wildman–Crippen LogP) is 0.844. The van der Waals surface area contributed by atoms with Crippen LogP contribution in [0.15, 0.2) is 0 Å². The summed E-state index contributed by atoms with van der Waals surface area (Å²) in [6.07, 6.45) is 0.0711. The highest BCUT2D eigenvalue weighted by atomic mass is 32.2. The van der Waals surface area contributed by atoms with Crippen molar-refractivity contribution in [2.24, 2.45) is 0 Å². The molecule has 13 heavy (non-hydrogen) atoms. The van der Waals surface area contributed by atoms with Crippen LogP contribution in [-0.4, -0.2) is 37.2 Å². The second kappa shape index (κ2) is 6.77. The van der Waals surface area contributed by atoms with E-state index in [1.54, 1.807) is 0 Å². The molecule has 0 aromatic rings. The van der Waals surface area contributed by atoms with E-state index in [1.807, 2.05) is 6.92 Å². The largest absolute Gasteiger partial charge is 0.469 e. The van der Waals surface area contributed by atoms with Crippen molar-refractivity contribution in [2.45, 2.75) is 18.6 Å². The third-order valence-electron chi connectivity index (χ3n) is 1.41. The van der Waals surface area contributed by atoms with E-state index in [0.29, 0.717) is 0 Å². The van der Waals surface area contributed by atoms with Gasteiger partial charge in [-0.15, -0.1) is 11.8 Å². The van der Waals surface area contributed by atoms with E-state index in [-0.39, 0.29) is 12.4 Å². The number of carbonyl (C=O) groups is 2. The molecule has 0 unspecified atom stereocenters. The van der Waals surface area contributed by atoms with Crippen molar-refractivity contribution in [1.82, 2.24) is 0 Å². The van der Waals surface area contributed by atoms with Gasteiger partial charge >= 0.3 is 11.9 Å². The van der Waals surface area contributed by atoms with Crippen LogP contribution < -0.4 is 0 Å². The van der Waals surface area contributed by atoms with E-state index < -0.39 is 11.2 Å². The standard InChI is InChI=1S/C8H14O4S/c1-4-13-6(8(10)12-3)5-7(9)11-2/h6H,4-5H2,1-3H3/t6-/m0/s1. The summed E-state index contributed by atoms with van der Waals surface area (Å²) in [4.78, 5) is 22.0. The third-order valence-corrected chi connectivity index (χ3v) is 2.51. The molecule has 0 saturated carbocycles. The van der Waals surface area contributed by atoms with Crippen LogP contribution in [0.1, 0.15) is 13.3 Å². The predicted molar refractivity (Wildman–Crippen MR) is 50.6 cm³/mol. The minimum absolute atomic E-state index is 0.0711. The van der Waals surface area contributed by atoms with Crippen molar-refractivity contribution in [2.75, 3.05) is 20.0 Å². The minimum Gasteiger partial charge on any atom is -0.469 e. The molecule has 0 fully saturated rings. The smallest absolute Gasteiger partial charge is 0.319 e. The zero-order valence-electron chi connectivity index (χ0n) is 8.03. The molecule has 76 valence electrons. The lowest BCUT2D eigenvalue weighted by Crippen LogP contribution is -2.23. The Morgan fingerprint density at radius 1 is 1.31 bits per heavy atom. The van der Waals surface area contributed by atoms with Crippen molar-refractivity contribution in [1.29, 1.82) is 0 Å². The van der Waals surface area contributed by atoms with E-state index in [2.05, 4.69) is 9.47 Å². The first-order valence-electron chi connectivity index (χ1n) is 3.91. The van der Waals surface area contributed by atoms with E-state index in [1.165, 1.54) is 26.0 Å². The van der Waals surface area contributed by atoms with Gasteiger partial charge in [-0.05, 0) is 5.75 Å². The quantitative estimate of drug-likeness (QED) is 0.624. The average Bonchev–Trinajstić information content (AvgIpc) is 2.15. The van der Waals surface area contributed by atoms with Crippen LogP contribution in [-0.2, 0) is 19.1 Å². The van der Waals surface area contributed by atoms with Gasteiger partial charge in [0.25, 0.3) is 0 Å². The minimum atomic E-state index is -0.442. The summed E-state index contributed by atoms with van der Waals surface area (Å²) in [6.45, 7) is 1.91. The fourth-order valence-corrected chi connectivity index (χ4v) is 1.67. The van der Waals surface area contributed by atoms with Crippen molar-refractivity contribution in [3.8, 4) is 0 Å². The van der Waals surface area contributed by atoms with Gasteiger partial charge in [0.1, 0.15) is 5.25 Å². The van der Waals surface area contributed by atoms with Crippen LogP contribution >= 0.6 is 11.8 Å². The molecule has 5 heteroatoms. The second-order valence-electron chi connectivity index (χ2n) is 2.25. The maximum atomic E-state index is 11.1. The molecule has 0 spiro atoms. The highest BCUT2D eigenvalue weighted by molar-refractivity contribution is 8.00. The maximum Gasteiger partial charge on any atom is 0.319 e. The molecule has 0 aliphatic heterocycles. The normalized spacial score (nSPS) is 11.9. The molecule has 0 aliphatic carbocycles. The Morgan fingerprint density at radius 3 is 2.31 bits per heavy atom. The van der Waals surface area contributed by atoms with E-state index in [4.69, 9.17) is 0 Å². The van der Waals surface area contributed by atoms with Crippen LogP contribution in [0.25, 0.3) is 0 Å². The molecule has 0 saturated heterocycles. The molecule has 1 atom stereocenters. The Balaban J connectivity index is 4.08. The van der Waals surface area contributed by atoms with Gasteiger partial charge in [0.15, 0.2) is 0 Å². The summed E-state index contributed by atoms with van der Waals surface area (Å²) in [7, 11) is 2.61. The molecule has 0 heterocycles. The number of ether oxygens (including phenoxy) is 2. The van der Waals surface area contributed by atoms with E-state index >= 15 is 0 Å². The number of hydrogen-bond acceptors (Lipinski definition) is 5. The fraction of sp³-hybridized carbons (Fsp3) is 0.750. The number of rotatable bonds is 5. The molecule has 0 aromatic carbocycles. The Bertz CT molecular complexity index is 181. The molecular weight excluding hydrogens is 192 g/mol. The molecule has 0 amide bonds. The molecule has 0 N–H and O–H groups in total. The topological polar surface area (TPSA) is 52.6 Å². The Kier molecular flexibility index (Phi) is 6.40. The van der Waals surface area contributed by atoms with Crippen LogP contribution in [0.5, 0.6) is 0 Å². The monoisotopic (exact) mass is 206 g/mol. The van der Waals surface area contributed by atoms with Gasteiger partial charge in [-0.1, -0.05) is 6.92 Å².